The van der Waals surface area contributed by atoms with Crippen molar-refractivity contribution in [1.29, 1.82) is 5.26 Å². The van der Waals surface area contributed by atoms with Gasteiger partial charge in [0.05, 0.1) is 24.1 Å². The minimum absolute atomic E-state index is 0.0737. The number of alkyl halides is 2. The molecular formula is C21H18Br2N2O5. The van der Waals surface area contributed by atoms with E-state index in [1.54, 1.807) is 13.0 Å². The Morgan fingerprint density at radius 2 is 1.70 bits per heavy atom. The predicted molar refractivity (Wildman–Crippen MR) is 115 cm³/mol. The van der Waals surface area contributed by atoms with Crippen LogP contribution in [0.15, 0.2) is 29.8 Å². The summed E-state index contributed by atoms with van der Waals surface area (Å²) in [7, 11) is 0. The Morgan fingerprint density at radius 3 is 2.17 bits per heavy atom. The van der Waals surface area contributed by atoms with Crippen LogP contribution in [0.25, 0.3) is 5.76 Å². The topological polar surface area (TPSA) is 108 Å². The molecule has 1 aromatic rings. The molecule has 1 aliphatic heterocycles. The second kappa shape index (κ2) is 7.82. The predicted octanol–water partition coefficient (Wildman–Crippen LogP) is 3.32. The highest BCUT2D eigenvalue weighted by Crippen LogP contribution is 2.60. The van der Waals surface area contributed by atoms with Gasteiger partial charge in [0.2, 0.25) is 11.8 Å². The van der Waals surface area contributed by atoms with E-state index in [0.717, 1.165) is 6.42 Å². The number of esters is 1. The largest absolute Gasteiger partial charge is 0.506 e. The Bertz CT molecular complexity index is 968. The smallest absolute Gasteiger partial charge is 0.352 e. The van der Waals surface area contributed by atoms with Crippen molar-refractivity contribution in [1.82, 2.24) is 0 Å². The summed E-state index contributed by atoms with van der Waals surface area (Å²) in [5.74, 6) is -2.20. The second-order valence-electron chi connectivity index (χ2n) is 7.62. The Morgan fingerprint density at radius 1 is 1.17 bits per heavy atom. The standard InChI is InChI=1S/C21H18Br2N2O5/c1-2-30-21(29)13(8-24)18(26)9-3-5-10(6-4-9)25-19(27)14-11-7-12(15(14)20(25)28)17(23)16(11)22/h3-6,11-12,14-17,26H,2,7H2,1H3/b18-13-/t11-,12-,14-,15-,16+,17+/m1/s1. The van der Waals surface area contributed by atoms with Crippen LogP contribution in [0.3, 0.4) is 0 Å². The van der Waals surface area contributed by atoms with E-state index in [0.29, 0.717) is 5.69 Å². The van der Waals surface area contributed by atoms with Crippen molar-refractivity contribution in [2.45, 2.75) is 23.0 Å². The summed E-state index contributed by atoms with van der Waals surface area (Å²) in [6, 6.07) is 7.63. The van der Waals surface area contributed by atoms with Crippen LogP contribution in [-0.4, -0.2) is 39.2 Å². The maximum Gasteiger partial charge on any atom is 0.352 e. The van der Waals surface area contributed by atoms with Crippen molar-refractivity contribution >= 4 is 61.1 Å². The van der Waals surface area contributed by atoms with Gasteiger partial charge in [0.15, 0.2) is 5.57 Å². The third-order valence-corrected chi connectivity index (χ3v) is 9.42. The zero-order chi connectivity index (χ0) is 21.7. The molecule has 1 N–H and O–H groups in total. The number of ether oxygens (including phenoxy) is 1. The third-order valence-electron chi connectivity index (χ3n) is 6.21. The van der Waals surface area contributed by atoms with Gasteiger partial charge in [-0.25, -0.2) is 4.79 Å². The van der Waals surface area contributed by atoms with Crippen LogP contribution in [0.2, 0.25) is 0 Å². The quantitative estimate of drug-likeness (QED) is 0.158. The van der Waals surface area contributed by atoms with Crippen LogP contribution >= 0.6 is 31.9 Å². The monoisotopic (exact) mass is 536 g/mol. The van der Waals surface area contributed by atoms with Gasteiger partial charge in [-0.3, -0.25) is 14.5 Å². The molecular weight excluding hydrogens is 520 g/mol. The first-order chi connectivity index (χ1) is 14.3. The lowest BCUT2D eigenvalue weighted by atomic mass is 9.81. The van der Waals surface area contributed by atoms with E-state index < -0.39 is 17.3 Å². The second-order valence-corrected chi connectivity index (χ2v) is 9.73. The molecule has 0 radical (unpaired) electrons. The SMILES string of the molecule is CCOC(=O)/C(C#N)=C(\O)c1ccc(N2C(=O)[C@@H]3[C@H]4C[C@@H]([C@H](Br)[C@H]4Br)[C@H]3C2=O)cc1. The van der Waals surface area contributed by atoms with Crippen LogP contribution in [0, 0.1) is 35.0 Å². The molecule has 4 rings (SSSR count). The molecule has 1 saturated heterocycles. The number of amides is 2. The number of rotatable bonds is 4. The van der Waals surface area contributed by atoms with Crippen molar-refractivity contribution in [2.75, 3.05) is 11.5 Å². The molecule has 3 aliphatic rings. The van der Waals surface area contributed by atoms with Crippen LogP contribution in [-0.2, 0) is 19.1 Å². The normalized spacial score (nSPS) is 32.7. The molecule has 2 saturated carbocycles. The number of anilines is 1. The molecule has 6 atom stereocenters. The maximum atomic E-state index is 13.1. The van der Waals surface area contributed by atoms with Gasteiger partial charge in [-0.15, -0.1) is 0 Å². The van der Waals surface area contributed by atoms with Crippen molar-refractivity contribution in [3.8, 4) is 6.07 Å². The molecule has 3 fully saturated rings. The average Bonchev–Trinajstić information content (AvgIpc) is 3.34. The number of benzene rings is 1. The van der Waals surface area contributed by atoms with E-state index >= 15 is 0 Å². The Hall–Kier alpha value is -2.18. The summed E-state index contributed by atoms with van der Waals surface area (Å²) in [5, 5.41) is 19.5. The molecule has 0 aromatic heterocycles. The van der Waals surface area contributed by atoms with Crippen LogP contribution < -0.4 is 4.90 Å². The average molecular weight is 538 g/mol. The van der Waals surface area contributed by atoms with Gasteiger partial charge >= 0.3 is 5.97 Å². The molecule has 2 aliphatic carbocycles. The molecule has 0 spiro atoms. The van der Waals surface area contributed by atoms with Crippen molar-refractivity contribution in [3.05, 3.63) is 35.4 Å². The van der Waals surface area contributed by atoms with Crippen molar-refractivity contribution < 1.29 is 24.2 Å². The highest BCUT2D eigenvalue weighted by Gasteiger charge is 2.66. The number of carbonyl (C=O) groups is 3. The fraction of sp³-hybridized carbons (Fsp3) is 0.429. The fourth-order valence-corrected chi connectivity index (χ4v) is 6.79. The molecule has 2 amide bonds. The van der Waals surface area contributed by atoms with Gasteiger partial charge in [-0.1, -0.05) is 31.9 Å². The number of fused-ring (bicyclic) bond motifs is 5. The first kappa shape index (κ1) is 21.1. The zero-order valence-corrected chi connectivity index (χ0v) is 19.1. The number of hydrogen-bond acceptors (Lipinski definition) is 6. The summed E-state index contributed by atoms with van der Waals surface area (Å²) < 4.78 is 4.77. The number of halogens is 2. The minimum atomic E-state index is -0.913. The summed E-state index contributed by atoms with van der Waals surface area (Å²) in [6.45, 7) is 1.67. The van der Waals surface area contributed by atoms with Crippen molar-refractivity contribution in [2.24, 2.45) is 23.7 Å². The molecule has 0 unspecified atom stereocenters. The summed E-state index contributed by atoms with van der Waals surface area (Å²) in [4.78, 5) is 39.5. The number of nitriles is 1. The van der Waals surface area contributed by atoms with Gasteiger partial charge in [0.25, 0.3) is 0 Å². The molecule has 1 heterocycles. The Kier molecular flexibility index (Phi) is 5.49. The van der Waals surface area contributed by atoms with E-state index in [2.05, 4.69) is 31.9 Å². The van der Waals surface area contributed by atoms with E-state index in [1.807, 2.05) is 0 Å². The maximum absolute atomic E-state index is 13.1. The highest BCUT2D eigenvalue weighted by atomic mass is 79.9. The van der Waals surface area contributed by atoms with Crippen LogP contribution in [0.4, 0.5) is 5.69 Å². The lowest BCUT2D eigenvalue weighted by Gasteiger charge is -2.28. The fourth-order valence-electron chi connectivity index (χ4n) is 4.91. The molecule has 156 valence electrons. The zero-order valence-electron chi connectivity index (χ0n) is 15.9. The molecule has 1 aromatic carbocycles. The number of carbonyl (C=O) groups excluding carboxylic acids is 3. The van der Waals surface area contributed by atoms with E-state index in [1.165, 1.54) is 29.2 Å². The van der Waals surface area contributed by atoms with Gasteiger partial charge in [0.1, 0.15) is 11.8 Å². The summed E-state index contributed by atoms with van der Waals surface area (Å²) in [5.41, 5.74) is 0.113. The number of nitrogens with zero attached hydrogens (tertiary/aromatic N) is 2. The van der Waals surface area contributed by atoms with Crippen LogP contribution in [0.1, 0.15) is 18.9 Å². The number of aliphatic hydroxyl groups is 1. The summed E-state index contributed by atoms with van der Waals surface area (Å²) in [6.07, 6.45) is 0.856. The van der Waals surface area contributed by atoms with Crippen LogP contribution in [0.5, 0.6) is 0 Å². The molecule has 30 heavy (non-hydrogen) atoms. The Balaban J connectivity index is 1.61. The van der Waals surface area contributed by atoms with Crippen molar-refractivity contribution in [3.63, 3.8) is 0 Å². The third kappa shape index (κ3) is 3.00. The number of hydrogen-bond donors (Lipinski definition) is 1. The number of aliphatic hydroxyl groups excluding tert-OH is 1. The lowest BCUT2D eigenvalue weighted by Crippen LogP contribution is -2.37. The van der Waals surface area contributed by atoms with Gasteiger partial charge in [-0.2, -0.15) is 5.26 Å². The lowest BCUT2D eigenvalue weighted by molar-refractivity contribution is -0.138. The van der Waals surface area contributed by atoms with E-state index in [9.17, 15) is 19.5 Å². The molecule has 9 heteroatoms. The molecule has 7 nitrogen and oxygen atoms in total. The summed E-state index contributed by atoms with van der Waals surface area (Å²) >= 11 is 7.33. The van der Waals surface area contributed by atoms with Gasteiger partial charge in [-0.05, 0) is 49.4 Å². The van der Waals surface area contributed by atoms with Gasteiger partial charge in [0, 0.05) is 15.2 Å². The van der Waals surface area contributed by atoms with E-state index in [4.69, 9.17) is 10.00 Å². The first-order valence-electron chi connectivity index (χ1n) is 9.58. The first-order valence-corrected chi connectivity index (χ1v) is 11.4. The van der Waals surface area contributed by atoms with E-state index in [-0.39, 0.29) is 57.3 Å². The number of imide groups is 1. The molecule has 2 bridgehead atoms. The highest BCUT2D eigenvalue weighted by molar-refractivity contribution is 9.12. The minimum Gasteiger partial charge on any atom is -0.506 e. The van der Waals surface area contributed by atoms with Gasteiger partial charge < -0.3 is 9.84 Å². The Labute approximate surface area is 189 Å².